The van der Waals surface area contributed by atoms with Gasteiger partial charge in [0.2, 0.25) is 46.3 Å². The molecule has 8 aromatic heterocycles. The van der Waals surface area contributed by atoms with E-state index in [1.807, 2.05) is 47.6 Å². The third kappa shape index (κ3) is 16.5. The number of aromatic amines is 8. The van der Waals surface area contributed by atoms with Gasteiger partial charge in [0, 0.05) is 44.5 Å². The second-order valence-corrected chi connectivity index (χ2v) is 29.8. The molecule has 120 heavy (non-hydrogen) atoms. The van der Waals surface area contributed by atoms with Crippen molar-refractivity contribution in [2.45, 2.75) is 117 Å². The first-order chi connectivity index (χ1) is 57.2. The summed E-state index contributed by atoms with van der Waals surface area (Å²) >= 11 is 38.0. The maximum absolute atomic E-state index is 12.1. The molecule has 8 heterocycles. The summed E-state index contributed by atoms with van der Waals surface area (Å²) in [5.41, 5.74) is -2.44. The highest BCUT2D eigenvalue weighted by molar-refractivity contribution is 6.38. The third-order valence-corrected chi connectivity index (χ3v) is 21.2. The number of halogens is 6. The lowest BCUT2D eigenvalue weighted by atomic mass is 10.1. The zero-order chi connectivity index (χ0) is 86.3. The summed E-state index contributed by atoms with van der Waals surface area (Å²) in [6.45, 7) is 11.3. The Kier molecular flexibility index (Phi) is 23.8. The number of benzene rings is 4. The molecule has 0 fully saturated rings. The lowest BCUT2D eigenvalue weighted by molar-refractivity contribution is 0.444. The molecule has 40 nitrogen and oxygen atoms in total. The fourth-order valence-electron chi connectivity index (χ4n) is 13.8. The van der Waals surface area contributed by atoms with E-state index < -0.39 is 67.8 Å². The first-order valence-electron chi connectivity index (χ1n) is 35.5. The summed E-state index contributed by atoms with van der Waals surface area (Å²) in [7, 11) is 0. The molecule has 4 aromatic carbocycles. The molecule has 4 aliphatic carbocycles. The molecule has 46 heteroatoms. The van der Waals surface area contributed by atoms with Gasteiger partial charge in [-0.1, -0.05) is 97.3 Å². The Morgan fingerprint density at radius 3 is 0.733 bits per heavy atom. The Balaban J connectivity index is 0.000000138. The second kappa shape index (κ2) is 34.1. The number of fused-ring (bicyclic) bond motifs is 4. The molecule has 12 aromatic rings. The number of aromatic nitrogens is 20. The van der Waals surface area contributed by atoms with Crippen molar-refractivity contribution >= 4 is 69.6 Å². The van der Waals surface area contributed by atoms with Crippen LogP contribution in [0.2, 0.25) is 30.1 Å². The van der Waals surface area contributed by atoms with Gasteiger partial charge in [-0.05, 0) is 149 Å². The van der Waals surface area contributed by atoms with Crippen LogP contribution < -0.4 is 86.2 Å². The van der Waals surface area contributed by atoms with Crippen molar-refractivity contribution in [2.24, 2.45) is 0 Å². The molecule has 0 amide bonds. The Morgan fingerprint density at radius 1 is 0.325 bits per heavy atom. The van der Waals surface area contributed by atoms with Gasteiger partial charge in [-0.25, -0.2) is 39.6 Å². The third-order valence-electron chi connectivity index (χ3n) is 19.5. The van der Waals surface area contributed by atoms with Crippen molar-refractivity contribution in [3.63, 3.8) is 0 Å². The van der Waals surface area contributed by atoms with Crippen molar-refractivity contribution in [3.8, 4) is 93.5 Å². The van der Waals surface area contributed by atoms with E-state index >= 15 is 0 Å². The molecule has 4 aliphatic rings. The molecule has 8 N–H and O–H groups in total. The minimum absolute atomic E-state index is 0.0312. The summed E-state index contributed by atoms with van der Waals surface area (Å²) in [6, 6.07) is 17.8. The van der Waals surface area contributed by atoms with Crippen molar-refractivity contribution in [2.75, 3.05) is 0 Å². The number of H-pyrrole nitrogens is 8. The molecule has 0 saturated carbocycles. The lowest BCUT2D eigenvalue weighted by Crippen LogP contribution is -2.33. The predicted molar refractivity (Wildman–Crippen MR) is 427 cm³/mol. The van der Waals surface area contributed by atoms with Gasteiger partial charge in [0.1, 0.15) is 24.3 Å². The van der Waals surface area contributed by atoms with Crippen LogP contribution in [0.15, 0.2) is 106 Å². The smallest absolute Gasteiger partial charge is 0.349 e. The Hall–Kier alpha value is -14.3. The van der Waals surface area contributed by atoms with Gasteiger partial charge in [0.15, 0.2) is 23.0 Å². The van der Waals surface area contributed by atoms with Crippen LogP contribution in [-0.4, -0.2) is 99.8 Å². The van der Waals surface area contributed by atoms with Crippen molar-refractivity contribution in [3.05, 3.63) is 282 Å². The Morgan fingerprint density at radius 2 is 0.525 bits per heavy atom. The summed E-state index contributed by atoms with van der Waals surface area (Å²) < 4.78 is 26.8. The van der Waals surface area contributed by atoms with Crippen molar-refractivity contribution < 1.29 is 18.9 Å². The Bertz CT molecular complexity index is 6370. The van der Waals surface area contributed by atoms with E-state index in [9.17, 15) is 57.5 Å². The summed E-state index contributed by atoms with van der Waals surface area (Å²) in [5.74, 6) is 2.07. The molecular formula is C74H54Cl6N24O16. The van der Waals surface area contributed by atoms with Gasteiger partial charge in [-0.2, -0.15) is 39.8 Å². The normalized spacial score (nSPS) is 14.9. The molecule has 0 bridgehead atoms. The number of hydrogen-bond acceptors (Lipinski definition) is 28. The molecule has 4 atom stereocenters. The highest BCUT2D eigenvalue weighted by Gasteiger charge is 2.33. The SMILES string of the molecule is C[C@@H]1CCc2c(Oc3c(Cl)cc(-n4nc(C#N)c(=O)[nH]c4=O)cc3Cl)n[nH]c(=O)c21.C[C@H]1CCc2c(Oc3c(Cl)cc(-n4nc(C#N)c(=O)[nH]c4=O)cc3Cl)n[nH]c(=O)c21.Cc1cc(-n2nc(C#N)c(=O)[nH]c2=O)cc(Cl)c1Oc1n[nH]c(=O)c2c1CC[C@@H]2C.Cc1cc(-n2nc(C#N)c(=O)[nH]c2=O)cc(Cl)c1Oc1n[nH]c(=O)c2c1CC[C@H]2C. The predicted octanol–water partition coefficient (Wildman–Crippen LogP) is 7.41. The van der Waals surface area contributed by atoms with E-state index in [2.05, 4.69) is 61.2 Å². The van der Waals surface area contributed by atoms with E-state index in [1.54, 1.807) is 50.3 Å². The molecule has 608 valence electrons. The number of nitrogens with one attached hydrogen (secondary N) is 8. The average molecular weight is 1750 g/mol. The van der Waals surface area contributed by atoms with Crippen LogP contribution in [0, 0.1) is 59.2 Å². The molecular weight excluding hydrogens is 1690 g/mol. The largest absolute Gasteiger partial charge is 0.435 e. The van der Waals surface area contributed by atoms with Gasteiger partial charge in [0.05, 0.1) is 52.9 Å². The number of aryl methyl sites for hydroxylation is 2. The van der Waals surface area contributed by atoms with E-state index in [4.69, 9.17) is 110 Å². The first kappa shape index (κ1) is 83.7. The highest BCUT2D eigenvalue weighted by Crippen LogP contribution is 2.46. The maximum Gasteiger partial charge on any atom is 0.349 e. The van der Waals surface area contributed by atoms with Crippen molar-refractivity contribution in [1.82, 2.24) is 99.8 Å². The summed E-state index contributed by atoms with van der Waals surface area (Å²) in [6.07, 6.45) is 5.84. The number of nitrogens with zero attached hydrogens (tertiary/aromatic N) is 16. The lowest BCUT2D eigenvalue weighted by Gasteiger charge is -2.14. The molecule has 0 saturated heterocycles. The van der Waals surface area contributed by atoms with Gasteiger partial charge < -0.3 is 18.9 Å². The van der Waals surface area contributed by atoms with Crippen LogP contribution in [0.3, 0.4) is 0 Å². The molecule has 0 aliphatic heterocycles. The minimum Gasteiger partial charge on any atom is -0.435 e. The van der Waals surface area contributed by atoms with E-state index in [-0.39, 0.29) is 134 Å². The van der Waals surface area contributed by atoms with Crippen LogP contribution in [0.4, 0.5) is 0 Å². The van der Waals surface area contributed by atoms with E-state index in [1.165, 1.54) is 36.4 Å². The zero-order valence-electron chi connectivity index (χ0n) is 62.5. The Labute approximate surface area is 697 Å². The summed E-state index contributed by atoms with van der Waals surface area (Å²) in [5, 5.41) is 77.0. The fraction of sp³-hybridized carbons (Fsp3) is 0.243. The topological polar surface area (TPSA) is 586 Å². The van der Waals surface area contributed by atoms with Crippen molar-refractivity contribution in [1.29, 1.82) is 21.0 Å². The van der Waals surface area contributed by atoms with Gasteiger partial charge in [0.25, 0.3) is 44.5 Å². The number of ether oxygens (including phenoxy) is 4. The first-order valence-corrected chi connectivity index (χ1v) is 37.8. The van der Waals surface area contributed by atoms with Crippen LogP contribution >= 0.6 is 69.6 Å². The molecule has 0 unspecified atom stereocenters. The van der Waals surface area contributed by atoms with Crippen LogP contribution in [0.25, 0.3) is 22.7 Å². The molecule has 0 radical (unpaired) electrons. The average Bonchev–Trinajstić information content (AvgIpc) is 1.55. The van der Waals surface area contributed by atoms with Crippen LogP contribution in [0.1, 0.15) is 155 Å². The summed E-state index contributed by atoms with van der Waals surface area (Å²) in [4.78, 5) is 151. The zero-order valence-corrected chi connectivity index (χ0v) is 67.1. The van der Waals surface area contributed by atoms with Gasteiger partial charge >= 0.3 is 22.8 Å². The fourth-order valence-corrected chi connectivity index (χ4v) is 15.5. The van der Waals surface area contributed by atoms with E-state index in [0.717, 1.165) is 55.5 Å². The monoisotopic (exact) mass is 1740 g/mol. The second-order valence-electron chi connectivity index (χ2n) is 27.3. The minimum atomic E-state index is -0.900. The molecule has 16 rings (SSSR count). The number of nitriles is 4. The molecule has 0 spiro atoms. The van der Waals surface area contributed by atoms with E-state index in [0.29, 0.717) is 81.7 Å². The number of rotatable bonds is 12. The highest BCUT2D eigenvalue weighted by atomic mass is 35.5. The van der Waals surface area contributed by atoms with Crippen LogP contribution in [0.5, 0.6) is 46.5 Å². The van der Waals surface area contributed by atoms with Crippen LogP contribution in [-0.2, 0) is 25.7 Å². The number of hydrogen-bond donors (Lipinski definition) is 8. The quantitative estimate of drug-likeness (QED) is 0.0590. The standard InChI is InChI=1S/2C19H15ClN6O4.2C18H12Cl2N6O4/c2*1-8-3-4-11-14(8)17(28)23-24-18(11)30-15-9(2)5-10(6-12(15)20)26-19(29)22-16(27)13(7-21)25-26;2*1-7-2-3-9-13(7)16(28)23-24-17(9)30-14-10(19)4-8(5-11(14)20)26-18(29)22-15(27)12(6-21)25-26/h2*5-6,8H,3-4H2,1-2H3,(H,23,28)(H,22,27,29);2*4-5,7H,2-3H2,1H3,(H,23,28)(H,22,27,29)/t2*8-;2*7-/m1010/s1. The maximum atomic E-state index is 12.1. The van der Waals surface area contributed by atoms with Gasteiger partial charge in [-0.15, -0.1) is 40.8 Å². The van der Waals surface area contributed by atoms with Gasteiger partial charge in [-0.3, -0.25) is 58.3 Å².